The van der Waals surface area contributed by atoms with Crippen molar-refractivity contribution in [1.29, 1.82) is 0 Å². The zero-order chi connectivity index (χ0) is 23.3. The highest BCUT2D eigenvalue weighted by Crippen LogP contribution is 2.30. The topological polar surface area (TPSA) is 94.7 Å². The molecule has 1 N–H and O–H groups in total. The summed E-state index contributed by atoms with van der Waals surface area (Å²) >= 11 is 0. The number of hydrogen-bond donors (Lipinski definition) is 1. The number of ether oxygens (including phenoxy) is 3. The van der Waals surface area contributed by atoms with Gasteiger partial charge in [-0.2, -0.15) is 0 Å². The first-order valence-electron chi connectivity index (χ1n) is 10.2. The summed E-state index contributed by atoms with van der Waals surface area (Å²) < 4.78 is 16.3. The Morgan fingerprint density at radius 2 is 1.88 bits per heavy atom. The number of Topliss-reactive ketones (excluding diaryl/α,β-unsaturated/α-hetero) is 1. The predicted octanol–water partition coefficient (Wildman–Crippen LogP) is 3.96. The van der Waals surface area contributed by atoms with Gasteiger partial charge in [0.05, 0.1) is 19.2 Å². The first-order valence-corrected chi connectivity index (χ1v) is 10.2. The van der Waals surface area contributed by atoms with E-state index < -0.39 is 5.97 Å². The van der Waals surface area contributed by atoms with Gasteiger partial charge in [-0.1, -0.05) is 24.3 Å². The van der Waals surface area contributed by atoms with Crippen LogP contribution in [-0.2, 0) is 20.9 Å². The summed E-state index contributed by atoms with van der Waals surface area (Å²) in [7, 11) is 1.50. The minimum atomic E-state index is -0.671. The van der Waals surface area contributed by atoms with Crippen LogP contribution in [0.2, 0.25) is 0 Å². The van der Waals surface area contributed by atoms with Crippen LogP contribution >= 0.6 is 0 Å². The van der Waals surface area contributed by atoms with Gasteiger partial charge in [0, 0.05) is 17.0 Å². The Balaban J connectivity index is 1.90. The van der Waals surface area contributed by atoms with Gasteiger partial charge in [-0.15, -0.1) is 0 Å². The fraction of sp³-hybridized carbons (Fsp3) is 0.240. The number of nitrogens with one attached hydrogen (secondary N) is 1. The third-order valence-electron chi connectivity index (χ3n) is 4.93. The van der Waals surface area contributed by atoms with E-state index in [0.717, 1.165) is 22.0 Å². The molecule has 0 saturated carbocycles. The molecule has 0 aliphatic heterocycles. The Bertz CT molecular complexity index is 1260. The minimum Gasteiger partial charge on any atom is -0.493 e. The van der Waals surface area contributed by atoms with Crippen molar-refractivity contribution >= 4 is 28.7 Å². The molecule has 0 atom stereocenters. The fourth-order valence-electron chi connectivity index (χ4n) is 3.34. The summed E-state index contributed by atoms with van der Waals surface area (Å²) in [6.45, 7) is 5.26. The van der Waals surface area contributed by atoms with Crippen LogP contribution in [0, 0.1) is 6.92 Å². The van der Waals surface area contributed by atoms with Crippen LogP contribution < -0.4 is 15.0 Å². The number of aromatic amines is 1. The normalized spacial score (nSPS) is 11.3. The van der Waals surface area contributed by atoms with E-state index in [1.165, 1.54) is 26.2 Å². The lowest BCUT2D eigenvalue weighted by Crippen LogP contribution is -2.13. The maximum Gasteiger partial charge on any atom is 0.341 e. The average molecular weight is 435 g/mol. The van der Waals surface area contributed by atoms with Gasteiger partial charge in [0.15, 0.2) is 17.3 Å². The molecule has 7 nitrogen and oxygen atoms in total. The molecule has 1 heterocycles. The van der Waals surface area contributed by atoms with Crippen molar-refractivity contribution < 1.29 is 23.8 Å². The molecule has 0 amide bonds. The van der Waals surface area contributed by atoms with Gasteiger partial charge >= 0.3 is 5.97 Å². The smallest absolute Gasteiger partial charge is 0.341 e. The van der Waals surface area contributed by atoms with Gasteiger partial charge < -0.3 is 19.2 Å². The molecule has 7 heteroatoms. The predicted molar refractivity (Wildman–Crippen MR) is 122 cm³/mol. The molecule has 2 aromatic carbocycles. The molecule has 1 aromatic heterocycles. The average Bonchev–Trinajstić information content (AvgIpc) is 2.76. The third-order valence-corrected chi connectivity index (χ3v) is 4.93. The number of carbonyl (C=O) groups excluding carboxylic acids is 2. The summed E-state index contributed by atoms with van der Waals surface area (Å²) in [5, 5.41) is 0.906. The van der Waals surface area contributed by atoms with Crippen LogP contribution in [0.5, 0.6) is 11.5 Å². The van der Waals surface area contributed by atoms with E-state index in [0.29, 0.717) is 17.1 Å². The molecule has 0 unspecified atom stereocenters. The fourth-order valence-corrected chi connectivity index (χ4v) is 3.34. The van der Waals surface area contributed by atoms with E-state index in [9.17, 15) is 14.4 Å². The number of H-pyrrole nitrogens is 1. The number of rotatable bonds is 8. The highest BCUT2D eigenvalue weighted by molar-refractivity contribution is 6.19. The molecule has 0 bridgehead atoms. The van der Waals surface area contributed by atoms with E-state index in [1.807, 2.05) is 25.1 Å². The summed E-state index contributed by atoms with van der Waals surface area (Å²) in [6, 6.07) is 12.4. The van der Waals surface area contributed by atoms with Crippen LogP contribution in [0.1, 0.15) is 30.5 Å². The molecule has 0 aliphatic rings. The van der Waals surface area contributed by atoms with E-state index >= 15 is 0 Å². The van der Waals surface area contributed by atoms with Gasteiger partial charge in [-0.05, 0) is 50.1 Å². The number of aryl methyl sites for hydroxylation is 1. The van der Waals surface area contributed by atoms with E-state index in [-0.39, 0.29) is 30.1 Å². The van der Waals surface area contributed by atoms with Gasteiger partial charge in [0.2, 0.25) is 5.56 Å². The lowest BCUT2D eigenvalue weighted by atomic mass is 10.1. The van der Waals surface area contributed by atoms with Crippen molar-refractivity contribution in [2.24, 2.45) is 0 Å². The number of methoxy groups -OCH3 is 1. The zero-order valence-electron chi connectivity index (χ0n) is 18.5. The van der Waals surface area contributed by atoms with E-state index in [4.69, 9.17) is 14.2 Å². The van der Waals surface area contributed by atoms with Crippen LogP contribution in [0.4, 0.5) is 0 Å². The number of pyridine rings is 1. The standard InChI is InChI=1S/C25H25NO6/c1-5-31-25(29)20(16(3)27)11-17-9-10-21(22(12-17)30-4)32-14-18-13-23(28)26-24-15(2)7-6-8-19(18)24/h6-13H,5,14H2,1-4H3,(H,26,28)/b20-11+. The molecule has 3 rings (SSSR count). The van der Waals surface area contributed by atoms with Gasteiger partial charge in [-0.25, -0.2) is 4.79 Å². The Kier molecular flexibility index (Phi) is 7.10. The van der Waals surface area contributed by atoms with Crippen molar-refractivity contribution in [3.05, 3.63) is 75.1 Å². The van der Waals surface area contributed by atoms with Crippen molar-refractivity contribution in [3.63, 3.8) is 0 Å². The molecule has 0 saturated heterocycles. The summed E-state index contributed by atoms with van der Waals surface area (Å²) in [4.78, 5) is 38.8. The van der Waals surface area contributed by atoms with Gasteiger partial charge in [-0.3, -0.25) is 9.59 Å². The summed E-state index contributed by atoms with van der Waals surface area (Å²) in [5.41, 5.74) is 2.84. The van der Waals surface area contributed by atoms with Crippen LogP contribution in [-0.4, -0.2) is 30.5 Å². The maximum absolute atomic E-state index is 12.1. The van der Waals surface area contributed by atoms with Crippen molar-refractivity contribution in [1.82, 2.24) is 4.98 Å². The second-order valence-electron chi connectivity index (χ2n) is 7.19. The second kappa shape index (κ2) is 9.96. The van der Waals surface area contributed by atoms with Gasteiger partial charge in [0.1, 0.15) is 12.2 Å². The number of fused-ring (bicyclic) bond motifs is 1. The second-order valence-corrected chi connectivity index (χ2v) is 7.19. The summed E-state index contributed by atoms with van der Waals surface area (Å²) in [6.07, 6.45) is 1.46. The monoisotopic (exact) mass is 435 g/mol. The lowest BCUT2D eigenvalue weighted by Gasteiger charge is -2.13. The molecular formula is C25H25NO6. The number of esters is 1. The number of aromatic nitrogens is 1. The Labute approximate surface area is 185 Å². The maximum atomic E-state index is 12.1. The molecule has 3 aromatic rings. The molecule has 0 radical (unpaired) electrons. The number of para-hydroxylation sites is 1. The molecular weight excluding hydrogens is 410 g/mol. The Hall–Kier alpha value is -3.87. The van der Waals surface area contributed by atoms with Crippen molar-refractivity contribution in [3.8, 4) is 11.5 Å². The minimum absolute atomic E-state index is 0.0482. The Morgan fingerprint density at radius 1 is 1.09 bits per heavy atom. The first kappa shape index (κ1) is 22.8. The molecule has 32 heavy (non-hydrogen) atoms. The first-order chi connectivity index (χ1) is 15.3. The number of benzene rings is 2. The molecule has 0 aliphatic carbocycles. The summed E-state index contributed by atoms with van der Waals surface area (Å²) in [5.74, 6) is -0.169. The van der Waals surface area contributed by atoms with Gasteiger partial charge in [0.25, 0.3) is 0 Å². The van der Waals surface area contributed by atoms with E-state index in [2.05, 4.69) is 4.98 Å². The molecule has 0 fully saturated rings. The number of hydrogen-bond acceptors (Lipinski definition) is 6. The lowest BCUT2D eigenvalue weighted by molar-refractivity contribution is -0.139. The highest BCUT2D eigenvalue weighted by Gasteiger charge is 2.16. The molecule has 0 spiro atoms. The van der Waals surface area contributed by atoms with Crippen molar-refractivity contribution in [2.45, 2.75) is 27.4 Å². The quantitative estimate of drug-likeness (QED) is 0.249. The number of carbonyl (C=O) groups is 2. The van der Waals surface area contributed by atoms with Crippen molar-refractivity contribution in [2.75, 3.05) is 13.7 Å². The number of ketones is 1. The Morgan fingerprint density at radius 3 is 2.56 bits per heavy atom. The van der Waals surface area contributed by atoms with Crippen LogP contribution in [0.25, 0.3) is 17.0 Å². The third kappa shape index (κ3) is 5.06. The van der Waals surface area contributed by atoms with Crippen LogP contribution in [0.3, 0.4) is 0 Å². The zero-order valence-corrected chi connectivity index (χ0v) is 18.5. The highest BCUT2D eigenvalue weighted by atomic mass is 16.5. The largest absolute Gasteiger partial charge is 0.493 e. The van der Waals surface area contributed by atoms with E-state index in [1.54, 1.807) is 25.1 Å². The molecule has 166 valence electrons. The SMILES string of the molecule is CCOC(=O)/C(=C/c1ccc(OCc2cc(=O)[nH]c3c(C)cccc23)c(OC)c1)C(C)=O. The van der Waals surface area contributed by atoms with Crippen LogP contribution in [0.15, 0.2) is 52.8 Å².